The fourth-order valence-electron chi connectivity index (χ4n) is 2.47. The van der Waals surface area contributed by atoms with Crippen LogP contribution < -0.4 is 15.4 Å². The fourth-order valence-corrected chi connectivity index (χ4v) is 2.88. The summed E-state index contributed by atoms with van der Waals surface area (Å²) < 4.78 is 5.82. The van der Waals surface area contributed by atoms with Crippen LogP contribution in [-0.2, 0) is 11.2 Å². The molecule has 0 heterocycles. The molecule has 1 atom stereocenters. The molecule has 0 aliphatic carbocycles. The summed E-state index contributed by atoms with van der Waals surface area (Å²) in [5.41, 5.74) is 7.43. The van der Waals surface area contributed by atoms with Crippen molar-refractivity contribution in [3.63, 3.8) is 0 Å². The summed E-state index contributed by atoms with van der Waals surface area (Å²) in [4.78, 5) is 12.9. The third-order valence-electron chi connectivity index (χ3n) is 3.84. The Bertz CT molecular complexity index is 687. The Morgan fingerprint density at radius 3 is 1.96 bits per heavy atom. The van der Waals surface area contributed by atoms with Gasteiger partial charge >= 0.3 is 5.97 Å². The van der Waals surface area contributed by atoms with E-state index in [9.17, 15) is 4.79 Å². The molecule has 0 amide bonds. The number of carbonyl (C=O) groups is 1. The number of alkyl halides is 2. The molecule has 5 nitrogen and oxygen atoms in total. The molecule has 0 aromatic heterocycles. The number of carboxylic acids is 1. The van der Waals surface area contributed by atoms with Gasteiger partial charge in [-0.25, -0.2) is 0 Å². The number of hydrogen-bond acceptors (Lipinski definition) is 4. The number of benzene rings is 2. The first-order valence-electron chi connectivity index (χ1n) is 8.25. The first-order chi connectivity index (χ1) is 12.5. The van der Waals surface area contributed by atoms with Gasteiger partial charge in [0.05, 0.1) is 0 Å². The van der Waals surface area contributed by atoms with Crippen molar-refractivity contribution >= 4 is 34.9 Å². The van der Waals surface area contributed by atoms with Crippen molar-refractivity contribution in [2.24, 2.45) is 5.73 Å². The Kier molecular flexibility index (Phi) is 8.04. The van der Waals surface area contributed by atoms with Crippen LogP contribution in [0, 0.1) is 0 Å². The van der Waals surface area contributed by atoms with Crippen molar-refractivity contribution < 1.29 is 14.6 Å². The van der Waals surface area contributed by atoms with Gasteiger partial charge in [0, 0.05) is 30.5 Å². The fraction of sp³-hybridized carbons (Fsp3) is 0.316. The van der Waals surface area contributed by atoms with Gasteiger partial charge in [-0.05, 0) is 48.4 Å². The normalized spacial score (nSPS) is 11.8. The maximum atomic E-state index is 10.8. The van der Waals surface area contributed by atoms with Crippen LogP contribution in [0.25, 0.3) is 0 Å². The molecule has 0 radical (unpaired) electrons. The lowest BCUT2D eigenvalue weighted by atomic mass is 10.1. The van der Waals surface area contributed by atoms with E-state index in [1.54, 1.807) is 12.1 Å². The Morgan fingerprint density at radius 1 is 1.00 bits per heavy atom. The summed E-state index contributed by atoms with van der Waals surface area (Å²) in [6.07, 6.45) is 0.279. The molecule has 0 saturated heterocycles. The molecule has 0 aliphatic heterocycles. The number of hydrogen-bond donors (Lipinski definition) is 2. The van der Waals surface area contributed by atoms with Gasteiger partial charge in [-0.2, -0.15) is 0 Å². The largest absolute Gasteiger partial charge is 0.480 e. The van der Waals surface area contributed by atoms with E-state index >= 15 is 0 Å². The van der Waals surface area contributed by atoms with Crippen LogP contribution in [0.2, 0.25) is 0 Å². The van der Waals surface area contributed by atoms with Gasteiger partial charge in [-0.3, -0.25) is 4.79 Å². The molecule has 2 aromatic rings. The zero-order chi connectivity index (χ0) is 18.9. The van der Waals surface area contributed by atoms with Crippen molar-refractivity contribution in [1.82, 2.24) is 0 Å². The number of halogens is 2. The second-order valence-corrected chi connectivity index (χ2v) is 6.51. The average Bonchev–Trinajstić information content (AvgIpc) is 2.64. The Balaban J connectivity index is 1.99. The van der Waals surface area contributed by atoms with Crippen LogP contribution in [0.5, 0.6) is 11.5 Å². The predicted molar refractivity (Wildman–Crippen MR) is 106 cm³/mol. The summed E-state index contributed by atoms with van der Waals surface area (Å²) in [6, 6.07) is 14.0. The number of anilines is 1. The molecule has 7 heteroatoms. The molecule has 0 fully saturated rings. The quantitative estimate of drug-likeness (QED) is 0.598. The third-order valence-corrected chi connectivity index (χ3v) is 4.18. The van der Waals surface area contributed by atoms with Gasteiger partial charge < -0.3 is 20.5 Å². The van der Waals surface area contributed by atoms with Crippen molar-refractivity contribution in [1.29, 1.82) is 0 Å². The van der Waals surface area contributed by atoms with Crippen LogP contribution >= 0.6 is 23.2 Å². The number of nitrogens with two attached hydrogens (primary N) is 1. The SMILES string of the molecule is N[C@@H](Cc1ccc(Oc2ccc(N(CCCl)CCCl)cc2)cc1)C(=O)O. The maximum Gasteiger partial charge on any atom is 0.320 e. The Morgan fingerprint density at radius 2 is 1.50 bits per heavy atom. The van der Waals surface area contributed by atoms with Crippen LogP contribution in [0.3, 0.4) is 0 Å². The van der Waals surface area contributed by atoms with Gasteiger partial charge in [0.1, 0.15) is 17.5 Å². The van der Waals surface area contributed by atoms with E-state index in [1.807, 2.05) is 36.4 Å². The predicted octanol–water partition coefficient (Wildman–Crippen LogP) is 3.72. The Hall–Kier alpha value is -1.95. The molecular formula is C19H22Cl2N2O3. The molecule has 0 aliphatic rings. The van der Waals surface area contributed by atoms with Crippen LogP contribution in [-0.4, -0.2) is 42.0 Å². The zero-order valence-electron chi connectivity index (χ0n) is 14.3. The van der Waals surface area contributed by atoms with E-state index in [4.69, 9.17) is 38.8 Å². The minimum atomic E-state index is -1.01. The molecule has 2 aromatic carbocycles. The smallest absolute Gasteiger partial charge is 0.320 e. The monoisotopic (exact) mass is 396 g/mol. The molecule has 140 valence electrons. The molecule has 0 spiro atoms. The van der Waals surface area contributed by atoms with Crippen molar-refractivity contribution in [3.8, 4) is 11.5 Å². The number of aliphatic carboxylic acids is 1. The first-order valence-corrected chi connectivity index (χ1v) is 9.32. The average molecular weight is 397 g/mol. The third kappa shape index (κ3) is 6.09. The van der Waals surface area contributed by atoms with Gasteiger partial charge in [0.15, 0.2) is 0 Å². The molecule has 0 saturated carbocycles. The van der Waals surface area contributed by atoms with E-state index < -0.39 is 12.0 Å². The lowest BCUT2D eigenvalue weighted by Crippen LogP contribution is -2.32. The molecule has 0 bridgehead atoms. The molecule has 0 unspecified atom stereocenters. The topological polar surface area (TPSA) is 75.8 Å². The number of ether oxygens (including phenoxy) is 1. The van der Waals surface area contributed by atoms with E-state index in [2.05, 4.69) is 4.90 Å². The van der Waals surface area contributed by atoms with Gasteiger partial charge in [-0.1, -0.05) is 12.1 Å². The second kappa shape index (κ2) is 10.3. The highest BCUT2D eigenvalue weighted by atomic mass is 35.5. The highest BCUT2D eigenvalue weighted by Crippen LogP contribution is 2.25. The summed E-state index contributed by atoms with van der Waals surface area (Å²) >= 11 is 11.7. The molecule has 2 rings (SSSR count). The minimum Gasteiger partial charge on any atom is -0.480 e. The highest BCUT2D eigenvalue weighted by molar-refractivity contribution is 6.18. The van der Waals surface area contributed by atoms with Crippen LogP contribution in [0.15, 0.2) is 48.5 Å². The molecular weight excluding hydrogens is 375 g/mol. The van der Waals surface area contributed by atoms with Gasteiger partial charge in [-0.15, -0.1) is 23.2 Å². The lowest BCUT2D eigenvalue weighted by Gasteiger charge is -2.23. The maximum absolute atomic E-state index is 10.8. The number of nitrogens with zero attached hydrogens (tertiary/aromatic N) is 1. The van der Waals surface area contributed by atoms with Gasteiger partial charge in [0.25, 0.3) is 0 Å². The summed E-state index contributed by atoms with van der Waals surface area (Å²) in [6.45, 7) is 1.46. The number of rotatable bonds is 10. The van der Waals surface area contributed by atoms with Crippen molar-refractivity contribution in [3.05, 3.63) is 54.1 Å². The van der Waals surface area contributed by atoms with E-state index in [1.165, 1.54) is 0 Å². The van der Waals surface area contributed by atoms with E-state index in [0.29, 0.717) is 23.3 Å². The standard InChI is InChI=1S/C19H22Cl2N2O3/c20-9-11-23(12-10-21)15-3-7-17(8-4-15)26-16-5-1-14(2-6-16)13-18(22)19(24)25/h1-8,18H,9-13,22H2,(H,24,25)/t18-/m0/s1. The van der Waals surface area contributed by atoms with Crippen LogP contribution in [0.1, 0.15) is 5.56 Å². The Labute approximate surface area is 163 Å². The zero-order valence-corrected chi connectivity index (χ0v) is 15.8. The van der Waals surface area contributed by atoms with Gasteiger partial charge in [0.2, 0.25) is 0 Å². The lowest BCUT2D eigenvalue weighted by molar-refractivity contribution is -0.138. The summed E-state index contributed by atoms with van der Waals surface area (Å²) in [5.74, 6) is 1.44. The second-order valence-electron chi connectivity index (χ2n) is 5.75. The first kappa shape index (κ1) is 20.4. The van der Waals surface area contributed by atoms with E-state index in [0.717, 1.165) is 24.3 Å². The summed E-state index contributed by atoms with van der Waals surface area (Å²) in [5, 5.41) is 8.85. The molecule has 3 N–H and O–H groups in total. The molecule has 26 heavy (non-hydrogen) atoms. The minimum absolute atomic E-state index is 0.279. The van der Waals surface area contributed by atoms with E-state index in [-0.39, 0.29) is 6.42 Å². The number of carboxylic acid groups (broad SMARTS) is 1. The van der Waals surface area contributed by atoms with Crippen molar-refractivity contribution in [2.75, 3.05) is 29.7 Å². The highest BCUT2D eigenvalue weighted by Gasteiger charge is 2.12. The van der Waals surface area contributed by atoms with Crippen molar-refractivity contribution in [2.45, 2.75) is 12.5 Å². The van der Waals surface area contributed by atoms with Crippen LogP contribution in [0.4, 0.5) is 5.69 Å². The summed E-state index contributed by atoms with van der Waals surface area (Å²) in [7, 11) is 0.